The number of esters is 1. The van der Waals surface area contributed by atoms with Crippen LogP contribution in [0.15, 0.2) is 42.5 Å². The van der Waals surface area contributed by atoms with Crippen LogP contribution >= 0.6 is 0 Å². The highest BCUT2D eigenvalue weighted by molar-refractivity contribution is 5.89. The number of hydrogen-bond acceptors (Lipinski definition) is 3. The third-order valence-corrected chi connectivity index (χ3v) is 2.92. The molecule has 0 amide bonds. The van der Waals surface area contributed by atoms with E-state index in [1.165, 1.54) is 0 Å². The van der Waals surface area contributed by atoms with E-state index in [1.807, 2.05) is 6.07 Å². The first-order chi connectivity index (χ1) is 9.61. The van der Waals surface area contributed by atoms with Crippen molar-refractivity contribution >= 4 is 11.9 Å². The van der Waals surface area contributed by atoms with Crippen LogP contribution in [0.1, 0.15) is 42.5 Å². The van der Waals surface area contributed by atoms with Gasteiger partial charge in [0.15, 0.2) is 0 Å². The zero-order chi connectivity index (χ0) is 14.8. The second-order valence-electron chi connectivity index (χ2n) is 4.57. The second-order valence-corrected chi connectivity index (χ2v) is 4.57. The van der Waals surface area contributed by atoms with Crippen LogP contribution < -0.4 is 0 Å². The molecular weight excluding hydrogens is 256 g/mol. The lowest BCUT2D eigenvalue weighted by molar-refractivity contribution is -0.132. The minimum Gasteiger partial charge on any atom is -0.478 e. The van der Waals surface area contributed by atoms with E-state index in [9.17, 15) is 9.59 Å². The Kier molecular flexibility index (Phi) is 7.11. The summed E-state index contributed by atoms with van der Waals surface area (Å²) in [7, 11) is 0. The van der Waals surface area contributed by atoms with Gasteiger partial charge in [0.05, 0.1) is 12.2 Å². The van der Waals surface area contributed by atoms with E-state index in [-0.39, 0.29) is 11.5 Å². The van der Waals surface area contributed by atoms with E-state index in [0.717, 1.165) is 25.7 Å². The van der Waals surface area contributed by atoms with Gasteiger partial charge in [-0.3, -0.25) is 0 Å². The Morgan fingerprint density at radius 3 is 2.35 bits per heavy atom. The molecule has 0 radical (unpaired) electrons. The highest BCUT2D eigenvalue weighted by Crippen LogP contribution is 2.09. The summed E-state index contributed by atoms with van der Waals surface area (Å²) in [5.41, 5.74) is 0.811. The Hall–Kier alpha value is -2.10. The van der Waals surface area contributed by atoms with E-state index in [0.29, 0.717) is 18.6 Å². The molecule has 20 heavy (non-hydrogen) atoms. The van der Waals surface area contributed by atoms with Crippen molar-refractivity contribution in [3.05, 3.63) is 48.0 Å². The highest BCUT2D eigenvalue weighted by Gasteiger charge is 2.05. The summed E-state index contributed by atoms with van der Waals surface area (Å²) in [6.07, 6.45) is 3.93. The molecule has 0 fully saturated rings. The van der Waals surface area contributed by atoms with Crippen LogP contribution in [-0.2, 0) is 9.53 Å². The molecule has 1 aromatic rings. The van der Waals surface area contributed by atoms with E-state index < -0.39 is 5.97 Å². The molecule has 0 unspecified atom stereocenters. The molecule has 0 saturated heterocycles. The molecule has 0 atom stereocenters. The van der Waals surface area contributed by atoms with Crippen molar-refractivity contribution in [2.24, 2.45) is 0 Å². The Morgan fingerprint density at radius 2 is 1.70 bits per heavy atom. The number of unbranched alkanes of at least 4 members (excludes halogenated alkanes) is 3. The van der Waals surface area contributed by atoms with Gasteiger partial charge in [-0.1, -0.05) is 37.6 Å². The minimum atomic E-state index is -0.929. The van der Waals surface area contributed by atoms with Crippen LogP contribution in [0.4, 0.5) is 0 Å². The van der Waals surface area contributed by atoms with Crippen LogP contribution in [0.5, 0.6) is 0 Å². The fourth-order valence-electron chi connectivity index (χ4n) is 1.72. The first-order valence-corrected chi connectivity index (χ1v) is 6.74. The van der Waals surface area contributed by atoms with Gasteiger partial charge >= 0.3 is 11.9 Å². The minimum absolute atomic E-state index is 0.250. The van der Waals surface area contributed by atoms with Crippen LogP contribution in [0.3, 0.4) is 0 Å². The number of carbonyl (C=O) groups is 2. The smallest absolute Gasteiger partial charge is 0.338 e. The van der Waals surface area contributed by atoms with Gasteiger partial charge in [-0.15, -0.1) is 0 Å². The molecular formula is C16H20O4. The fourth-order valence-corrected chi connectivity index (χ4v) is 1.72. The van der Waals surface area contributed by atoms with Gasteiger partial charge < -0.3 is 9.84 Å². The Bertz CT molecular complexity index is 451. The summed E-state index contributed by atoms with van der Waals surface area (Å²) < 4.78 is 5.14. The molecule has 1 aromatic carbocycles. The van der Waals surface area contributed by atoms with Gasteiger partial charge in [-0.05, 0) is 31.4 Å². The lowest BCUT2D eigenvalue weighted by Gasteiger charge is -2.05. The van der Waals surface area contributed by atoms with Gasteiger partial charge in [0.2, 0.25) is 0 Å². The SMILES string of the molecule is C=C(CCCCCCOC(=O)c1ccccc1)C(=O)O. The zero-order valence-corrected chi connectivity index (χ0v) is 11.5. The quantitative estimate of drug-likeness (QED) is 0.426. The van der Waals surface area contributed by atoms with Crippen molar-refractivity contribution < 1.29 is 19.4 Å². The fraction of sp³-hybridized carbons (Fsp3) is 0.375. The summed E-state index contributed by atoms with van der Waals surface area (Å²) in [6, 6.07) is 8.89. The van der Waals surface area contributed by atoms with Gasteiger partial charge in [-0.2, -0.15) is 0 Å². The normalized spacial score (nSPS) is 10.0. The lowest BCUT2D eigenvalue weighted by Crippen LogP contribution is -2.06. The van der Waals surface area contributed by atoms with Crippen molar-refractivity contribution in [2.45, 2.75) is 32.1 Å². The largest absolute Gasteiger partial charge is 0.478 e. The van der Waals surface area contributed by atoms with Crippen LogP contribution in [0.25, 0.3) is 0 Å². The number of carbonyl (C=O) groups excluding carboxylic acids is 1. The van der Waals surface area contributed by atoms with E-state index in [1.54, 1.807) is 24.3 Å². The average molecular weight is 276 g/mol. The maximum Gasteiger partial charge on any atom is 0.338 e. The number of carboxylic acids is 1. The van der Waals surface area contributed by atoms with E-state index >= 15 is 0 Å². The second kappa shape index (κ2) is 8.91. The van der Waals surface area contributed by atoms with Crippen molar-refractivity contribution in [3.63, 3.8) is 0 Å². The Balaban J connectivity index is 2.04. The van der Waals surface area contributed by atoms with Crippen molar-refractivity contribution in [3.8, 4) is 0 Å². The van der Waals surface area contributed by atoms with Crippen molar-refractivity contribution in [1.29, 1.82) is 0 Å². The zero-order valence-electron chi connectivity index (χ0n) is 11.5. The summed E-state index contributed by atoms with van der Waals surface area (Å²) in [4.78, 5) is 22.1. The maximum atomic E-state index is 11.6. The third kappa shape index (κ3) is 6.18. The molecule has 4 nitrogen and oxygen atoms in total. The topological polar surface area (TPSA) is 63.6 Å². The number of rotatable bonds is 9. The molecule has 0 aromatic heterocycles. The van der Waals surface area contributed by atoms with E-state index in [2.05, 4.69) is 6.58 Å². The van der Waals surface area contributed by atoms with Crippen LogP contribution in [0.2, 0.25) is 0 Å². The molecule has 1 rings (SSSR count). The molecule has 0 saturated carbocycles. The van der Waals surface area contributed by atoms with Crippen molar-refractivity contribution in [1.82, 2.24) is 0 Å². The van der Waals surface area contributed by atoms with E-state index in [4.69, 9.17) is 9.84 Å². The number of aliphatic carboxylic acids is 1. The van der Waals surface area contributed by atoms with Gasteiger partial charge in [0.1, 0.15) is 0 Å². The highest BCUT2D eigenvalue weighted by atomic mass is 16.5. The monoisotopic (exact) mass is 276 g/mol. The van der Waals surface area contributed by atoms with Gasteiger partial charge in [-0.25, -0.2) is 9.59 Å². The first-order valence-electron chi connectivity index (χ1n) is 6.74. The standard InChI is InChI=1S/C16H20O4/c1-13(15(17)18)9-5-2-3-8-12-20-16(19)14-10-6-4-7-11-14/h4,6-7,10-11H,1-3,5,8-9,12H2,(H,17,18). The number of benzene rings is 1. The molecule has 0 aliphatic rings. The molecule has 1 N–H and O–H groups in total. The molecule has 0 aliphatic heterocycles. The maximum absolute atomic E-state index is 11.6. The predicted octanol–water partition coefficient (Wildman–Crippen LogP) is 3.43. The Morgan fingerprint density at radius 1 is 1.05 bits per heavy atom. The first kappa shape index (κ1) is 16.0. The van der Waals surface area contributed by atoms with Crippen LogP contribution in [-0.4, -0.2) is 23.7 Å². The van der Waals surface area contributed by atoms with Crippen LogP contribution in [0, 0.1) is 0 Å². The Labute approximate surface area is 119 Å². The molecule has 0 aliphatic carbocycles. The number of ether oxygens (including phenoxy) is 1. The summed E-state index contributed by atoms with van der Waals surface area (Å²) in [5.74, 6) is -1.23. The molecule has 4 heteroatoms. The summed E-state index contributed by atoms with van der Waals surface area (Å²) in [6.45, 7) is 3.87. The summed E-state index contributed by atoms with van der Waals surface area (Å²) in [5, 5.41) is 8.64. The number of carboxylic acid groups (broad SMARTS) is 1. The molecule has 0 heterocycles. The van der Waals surface area contributed by atoms with Crippen molar-refractivity contribution in [2.75, 3.05) is 6.61 Å². The number of hydrogen-bond donors (Lipinski definition) is 1. The summed E-state index contributed by atoms with van der Waals surface area (Å²) >= 11 is 0. The molecule has 108 valence electrons. The lowest BCUT2D eigenvalue weighted by atomic mass is 10.1. The average Bonchev–Trinajstić information content (AvgIpc) is 2.46. The predicted molar refractivity (Wildman–Crippen MR) is 76.6 cm³/mol. The van der Waals surface area contributed by atoms with Gasteiger partial charge in [0.25, 0.3) is 0 Å². The molecule has 0 bridgehead atoms. The van der Waals surface area contributed by atoms with Gasteiger partial charge in [0, 0.05) is 5.57 Å². The third-order valence-electron chi connectivity index (χ3n) is 2.92. The molecule has 0 spiro atoms.